The van der Waals surface area contributed by atoms with Crippen LogP contribution in [0.15, 0.2) is 82.3 Å². The molecule has 13 heteroatoms. The molecule has 12 nitrogen and oxygen atoms in total. The van der Waals surface area contributed by atoms with E-state index in [0.29, 0.717) is 28.1 Å². The topological polar surface area (TPSA) is 176 Å². The van der Waals surface area contributed by atoms with Crippen LogP contribution in [0.4, 0.5) is 5.69 Å². The molecule has 0 spiro atoms. The van der Waals surface area contributed by atoms with Crippen LogP contribution in [-0.4, -0.2) is 62.0 Å². The second-order valence-corrected chi connectivity index (χ2v) is 10.7. The third-order valence-corrected chi connectivity index (χ3v) is 7.22. The Morgan fingerprint density at radius 1 is 1.05 bits per heavy atom. The summed E-state index contributed by atoms with van der Waals surface area (Å²) in [5.74, 6) is 4.37. The van der Waals surface area contributed by atoms with E-state index in [4.69, 9.17) is 5.11 Å². The first kappa shape index (κ1) is 31.8. The highest BCUT2D eigenvalue weighted by molar-refractivity contribution is 7.75. The van der Waals surface area contributed by atoms with Crippen molar-refractivity contribution >= 4 is 34.0 Å². The minimum atomic E-state index is -2.12. The van der Waals surface area contributed by atoms with Crippen LogP contribution in [0.2, 0.25) is 0 Å². The highest BCUT2D eigenvalue weighted by Gasteiger charge is 2.12. The quantitative estimate of drug-likeness (QED) is 0.164. The SMILES string of the molecule is Cc1cc(C(=O)Nc2cccc(C#Cc3cncc(C(=O)N=[S-](=O)c4ccccc4CC(=O)NCC(O)CO)c3)c2)n(C)n1. The standard InChI is InChI=1S/C31H29N6O6S/c1-20-12-27(37(2)35-20)31(42)34-25-8-5-6-21(14-25)10-11-22-13-24(17-32-16-22)30(41)36-44(43)28-9-4-3-7-23(28)15-29(40)33-18-26(39)19-38/h3-9,12-14,16-17,26,38-39H,15,18-19H2,1-2H3,(H,33,40)(H,34,42)/q-1. The number of anilines is 1. The molecule has 4 aromatic rings. The summed E-state index contributed by atoms with van der Waals surface area (Å²) in [4.78, 5) is 42.0. The fraction of sp³-hybridized carbons (Fsp3) is 0.194. The van der Waals surface area contributed by atoms with Gasteiger partial charge < -0.3 is 29.4 Å². The fourth-order valence-electron chi connectivity index (χ4n) is 3.99. The van der Waals surface area contributed by atoms with E-state index in [1.165, 1.54) is 29.2 Å². The maximum atomic E-state index is 13.0. The van der Waals surface area contributed by atoms with Gasteiger partial charge in [-0.3, -0.25) is 24.0 Å². The molecule has 44 heavy (non-hydrogen) atoms. The number of hydrogen-bond donors (Lipinski definition) is 4. The lowest BCUT2D eigenvalue weighted by molar-refractivity contribution is -0.121. The number of aliphatic hydroxyl groups excluding tert-OH is 2. The summed E-state index contributed by atoms with van der Waals surface area (Å²) in [6, 6.07) is 16.5. The molecule has 2 aromatic heterocycles. The van der Waals surface area contributed by atoms with Crippen molar-refractivity contribution in [2.45, 2.75) is 24.3 Å². The van der Waals surface area contributed by atoms with Crippen molar-refractivity contribution in [2.24, 2.45) is 11.4 Å². The number of amides is 3. The average molecular weight is 614 g/mol. The van der Waals surface area contributed by atoms with Crippen LogP contribution in [0.25, 0.3) is 0 Å². The molecule has 0 bridgehead atoms. The van der Waals surface area contributed by atoms with Crippen LogP contribution in [0.5, 0.6) is 0 Å². The van der Waals surface area contributed by atoms with E-state index in [-0.39, 0.29) is 29.3 Å². The van der Waals surface area contributed by atoms with Crippen LogP contribution in [0, 0.1) is 18.8 Å². The smallest absolute Gasteiger partial charge is 0.273 e. The van der Waals surface area contributed by atoms with Gasteiger partial charge in [0.05, 0.1) is 30.4 Å². The fourth-order valence-corrected chi connectivity index (χ4v) is 4.91. The lowest BCUT2D eigenvalue weighted by atomic mass is 10.1. The van der Waals surface area contributed by atoms with Gasteiger partial charge in [-0.2, -0.15) is 15.7 Å². The third kappa shape index (κ3) is 8.68. The molecule has 0 aliphatic carbocycles. The van der Waals surface area contributed by atoms with Gasteiger partial charge in [-0.05, 0) is 37.3 Å². The van der Waals surface area contributed by atoms with Crippen molar-refractivity contribution in [3.8, 4) is 11.8 Å². The van der Waals surface area contributed by atoms with Gasteiger partial charge in [-0.15, -0.1) is 0 Å². The molecule has 1 unspecified atom stereocenters. The number of carbonyl (C=O) groups excluding carboxylic acids is 3. The van der Waals surface area contributed by atoms with Gasteiger partial charge in [0.15, 0.2) is 0 Å². The van der Waals surface area contributed by atoms with E-state index in [2.05, 4.69) is 36.9 Å². The molecule has 0 aliphatic heterocycles. The zero-order valence-corrected chi connectivity index (χ0v) is 24.7. The predicted octanol–water partition coefficient (Wildman–Crippen LogP) is 2.13. The van der Waals surface area contributed by atoms with Crippen molar-refractivity contribution in [2.75, 3.05) is 18.5 Å². The predicted molar refractivity (Wildman–Crippen MR) is 162 cm³/mol. The van der Waals surface area contributed by atoms with Gasteiger partial charge in [0.2, 0.25) is 5.91 Å². The first-order valence-electron chi connectivity index (χ1n) is 13.3. The largest absolute Gasteiger partial charge is 0.440 e. The molecule has 3 amide bonds. The lowest BCUT2D eigenvalue weighted by Crippen LogP contribution is -2.34. The Bertz CT molecular complexity index is 1850. The van der Waals surface area contributed by atoms with Crippen molar-refractivity contribution in [3.63, 3.8) is 0 Å². The Hall–Kier alpha value is -5.16. The van der Waals surface area contributed by atoms with Crippen molar-refractivity contribution in [1.29, 1.82) is 0 Å². The number of aryl methyl sites for hydroxylation is 2. The van der Waals surface area contributed by atoms with Gasteiger partial charge in [-0.1, -0.05) is 52.6 Å². The number of hydrogen-bond acceptors (Lipinski definition) is 9. The highest BCUT2D eigenvalue weighted by atomic mass is 32.2. The third-order valence-electron chi connectivity index (χ3n) is 6.11. The molecule has 0 aliphatic rings. The Labute approximate surface area is 255 Å². The Balaban J connectivity index is 1.46. The van der Waals surface area contributed by atoms with E-state index in [1.807, 2.05) is 0 Å². The van der Waals surface area contributed by atoms with E-state index in [1.54, 1.807) is 62.5 Å². The number of benzene rings is 2. The summed E-state index contributed by atoms with van der Waals surface area (Å²) >= 11 is 0. The first-order chi connectivity index (χ1) is 21.1. The minimum absolute atomic E-state index is 0.0749. The summed E-state index contributed by atoms with van der Waals surface area (Å²) < 4.78 is 18.3. The van der Waals surface area contributed by atoms with Crippen molar-refractivity contribution in [3.05, 3.63) is 107 Å². The minimum Gasteiger partial charge on any atom is -0.440 e. The molecule has 4 rings (SSSR count). The summed E-state index contributed by atoms with van der Waals surface area (Å²) in [5, 5.41) is 27.8. The Kier molecular flexibility index (Phi) is 10.7. The Morgan fingerprint density at radius 2 is 1.82 bits per heavy atom. The number of aliphatic hydroxyl groups is 2. The molecular weight excluding hydrogens is 584 g/mol. The lowest BCUT2D eigenvalue weighted by Gasteiger charge is -2.13. The van der Waals surface area contributed by atoms with Crippen LogP contribution >= 0.6 is 0 Å². The van der Waals surface area contributed by atoms with Crippen molar-refractivity contribution in [1.82, 2.24) is 20.1 Å². The number of pyridine rings is 1. The molecule has 0 radical (unpaired) electrons. The molecule has 0 saturated carbocycles. The van der Waals surface area contributed by atoms with E-state index < -0.39 is 35.1 Å². The van der Waals surface area contributed by atoms with Crippen LogP contribution in [-0.2, 0) is 33.1 Å². The summed E-state index contributed by atoms with van der Waals surface area (Å²) in [7, 11) is -0.424. The summed E-state index contributed by atoms with van der Waals surface area (Å²) in [6.45, 7) is 1.17. The van der Waals surface area contributed by atoms with Crippen LogP contribution in [0.3, 0.4) is 0 Å². The van der Waals surface area contributed by atoms with E-state index in [0.717, 1.165) is 5.69 Å². The number of aromatic nitrogens is 3. The molecule has 226 valence electrons. The van der Waals surface area contributed by atoms with Gasteiger partial charge in [0.25, 0.3) is 11.8 Å². The van der Waals surface area contributed by atoms with Gasteiger partial charge >= 0.3 is 0 Å². The number of nitrogens with zero attached hydrogens (tertiary/aromatic N) is 4. The first-order valence-corrected chi connectivity index (χ1v) is 14.4. The molecular formula is C31H29N6O6S-. The van der Waals surface area contributed by atoms with E-state index >= 15 is 0 Å². The second kappa shape index (κ2) is 14.8. The van der Waals surface area contributed by atoms with Gasteiger partial charge in [-0.25, -0.2) is 0 Å². The zero-order valence-electron chi connectivity index (χ0n) is 23.9. The average Bonchev–Trinajstić information content (AvgIpc) is 3.36. The van der Waals surface area contributed by atoms with Gasteiger partial charge in [0.1, 0.15) is 5.69 Å². The zero-order chi connectivity index (χ0) is 31.6. The Morgan fingerprint density at radius 3 is 2.57 bits per heavy atom. The highest BCUT2D eigenvalue weighted by Crippen LogP contribution is 2.15. The summed E-state index contributed by atoms with van der Waals surface area (Å²) in [5.41, 5.74) is 3.19. The second-order valence-electron chi connectivity index (χ2n) is 9.61. The summed E-state index contributed by atoms with van der Waals surface area (Å²) in [6.07, 6.45) is 1.50. The molecule has 2 aromatic carbocycles. The molecule has 0 fully saturated rings. The number of nitrogens with one attached hydrogen (secondary N) is 2. The molecule has 4 N–H and O–H groups in total. The maximum Gasteiger partial charge on any atom is 0.273 e. The van der Waals surface area contributed by atoms with Gasteiger partial charge in [0, 0.05) is 42.8 Å². The molecule has 2 heterocycles. The molecule has 0 saturated heterocycles. The van der Waals surface area contributed by atoms with Crippen LogP contribution in [0.1, 0.15) is 43.2 Å². The number of carbonyl (C=O) groups is 3. The van der Waals surface area contributed by atoms with Crippen LogP contribution < -0.4 is 10.6 Å². The van der Waals surface area contributed by atoms with E-state index in [9.17, 15) is 23.7 Å². The monoisotopic (exact) mass is 613 g/mol. The maximum absolute atomic E-state index is 13.0. The normalized spacial score (nSPS) is 12.1. The van der Waals surface area contributed by atoms with Crippen molar-refractivity contribution < 1.29 is 28.8 Å². The molecule has 1 atom stereocenters. The number of rotatable bonds is 9.